The molecule has 0 fully saturated rings. The average Bonchev–Trinajstić information content (AvgIpc) is 3.20. The largest absolute Gasteiger partial charge is 0.321 e. The van der Waals surface area contributed by atoms with Crippen molar-refractivity contribution in [1.29, 1.82) is 0 Å². The highest BCUT2D eigenvalue weighted by molar-refractivity contribution is 6.16. The molecule has 0 heterocycles. The van der Waals surface area contributed by atoms with E-state index in [4.69, 9.17) is 0 Å². The van der Waals surface area contributed by atoms with Crippen molar-refractivity contribution in [2.75, 3.05) is 16.0 Å². The summed E-state index contributed by atoms with van der Waals surface area (Å²) >= 11 is 0. The van der Waals surface area contributed by atoms with E-state index in [-0.39, 0.29) is 16.7 Å². The van der Waals surface area contributed by atoms with E-state index in [1.165, 1.54) is 18.2 Å². The molecule has 0 saturated heterocycles. The molecule has 0 atom stereocenters. The smallest absolute Gasteiger partial charge is 0.255 e. The Morgan fingerprint density at radius 1 is 0.333 bits per heavy atom. The molecular weight excluding hydrogens is 631 g/mol. The SMILES string of the molecule is CC.CC.CC.O=C(Nc1cccc2ccccc12)c1cc(C(=O)Nc2cccc3ccccc23)cc(C(=O)Nc2cccc3ccccc23)c1. The van der Waals surface area contributed by atoms with Crippen molar-refractivity contribution in [2.24, 2.45) is 0 Å². The number of carbonyl (C=O) groups excluding carboxylic acids is 3. The molecule has 6 nitrogen and oxygen atoms in total. The molecule has 0 aliphatic heterocycles. The minimum Gasteiger partial charge on any atom is -0.321 e. The fourth-order valence-corrected chi connectivity index (χ4v) is 5.61. The number of carbonyl (C=O) groups is 3. The van der Waals surface area contributed by atoms with Crippen LogP contribution in [0.15, 0.2) is 146 Å². The number of benzene rings is 7. The minimum atomic E-state index is -0.439. The Labute approximate surface area is 300 Å². The van der Waals surface area contributed by atoms with Gasteiger partial charge >= 0.3 is 0 Å². The second-order valence-corrected chi connectivity index (χ2v) is 10.7. The molecular formula is C45H45N3O3. The summed E-state index contributed by atoms with van der Waals surface area (Å²) in [7, 11) is 0. The molecule has 0 saturated carbocycles. The molecule has 0 aliphatic rings. The van der Waals surface area contributed by atoms with Crippen molar-refractivity contribution in [3.8, 4) is 0 Å². The number of anilines is 3. The number of nitrogens with one attached hydrogen (secondary N) is 3. The van der Waals surface area contributed by atoms with Gasteiger partial charge in [0.2, 0.25) is 0 Å². The number of hydrogen-bond acceptors (Lipinski definition) is 3. The highest BCUT2D eigenvalue weighted by atomic mass is 16.2. The first-order valence-electron chi connectivity index (χ1n) is 17.6. The van der Waals surface area contributed by atoms with Crippen LogP contribution in [0.5, 0.6) is 0 Å². The van der Waals surface area contributed by atoms with E-state index >= 15 is 0 Å². The number of hydrogen-bond donors (Lipinski definition) is 3. The van der Waals surface area contributed by atoms with E-state index in [9.17, 15) is 14.4 Å². The van der Waals surface area contributed by atoms with E-state index in [1.807, 2.05) is 169 Å². The summed E-state index contributed by atoms with van der Waals surface area (Å²) in [5, 5.41) is 14.5. The van der Waals surface area contributed by atoms with E-state index in [1.54, 1.807) is 0 Å². The monoisotopic (exact) mass is 675 g/mol. The molecule has 0 aliphatic carbocycles. The molecule has 6 heteroatoms. The lowest BCUT2D eigenvalue weighted by Gasteiger charge is -2.14. The fourth-order valence-electron chi connectivity index (χ4n) is 5.61. The number of rotatable bonds is 6. The second-order valence-electron chi connectivity index (χ2n) is 10.7. The van der Waals surface area contributed by atoms with Gasteiger partial charge in [0, 0.05) is 49.9 Å². The Kier molecular flexibility index (Phi) is 13.6. The van der Waals surface area contributed by atoms with Crippen LogP contribution in [0.4, 0.5) is 17.1 Å². The molecule has 3 N–H and O–H groups in total. The Hall–Kier alpha value is -6.27. The van der Waals surface area contributed by atoms with Gasteiger partial charge < -0.3 is 16.0 Å². The highest BCUT2D eigenvalue weighted by Gasteiger charge is 2.19. The summed E-state index contributed by atoms with van der Waals surface area (Å²) in [6.45, 7) is 12.0. The molecule has 0 spiro atoms. The predicted molar refractivity (Wildman–Crippen MR) is 216 cm³/mol. The summed E-state index contributed by atoms with van der Waals surface area (Å²) < 4.78 is 0. The van der Waals surface area contributed by atoms with Crippen molar-refractivity contribution < 1.29 is 14.4 Å². The Morgan fingerprint density at radius 3 is 0.843 bits per heavy atom. The van der Waals surface area contributed by atoms with Crippen LogP contribution in [0.3, 0.4) is 0 Å². The zero-order valence-corrected chi connectivity index (χ0v) is 30.1. The van der Waals surface area contributed by atoms with Gasteiger partial charge in [-0.25, -0.2) is 0 Å². The maximum atomic E-state index is 13.7. The van der Waals surface area contributed by atoms with Crippen LogP contribution < -0.4 is 16.0 Å². The van der Waals surface area contributed by atoms with E-state index in [0.717, 1.165) is 32.3 Å². The predicted octanol–water partition coefficient (Wildman–Crippen LogP) is 12.0. The highest BCUT2D eigenvalue weighted by Crippen LogP contribution is 2.27. The first-order chi connectivity index (χ1) is 25.0. The van der Waals surface area contributed by atoms with Gasteiger partial charge in [-0.05, 0) is 52.6 Å². The molecule has 0 bridgehead atoms. The minimum absolute atomic E-state index is 0.177. The lowest BCUT2D eigenvalue weighted by atomic mass is 10.0. The number of amides is 3. The fraction of sp³-hybridized carbons (Fsp3) is 0.133. The summed E-state index contributed by atoms with van der Waals surface area (Å²) in [4.78, 5) is 41.1. The van der Waals surface area contributed by atoms with Gasteiger partial charge in [0.15, 0.2) is 0 Å². The summed E-state index contributed by atoms with van der Waals surface area (Å²) in [6.07, 6.45) is 0. The van der Waals surface area contributed by atoms with Crippen LogP contribution in [0, 0.1) is 0 Å². The van der Waals surface area contributed by atoms with E-state index in [2.05, 4.69) is 16.0 Å². The normalized spacial score (nSPS) is 10.0. The summed E-state index contributed by atoms with van der Waals surface area (Å²) in [5.41, 5.74) is 2.42. The zero-order valence-electron chi connectivity index (χ0n) is 30.1. The van der Waals surface area contributed by atoms with Gasteiger partial charge in [-0.3, -0.25) is 14.4 Å². The van der Waals surface area contributed by atoms with Gasteiger partial charge in [0.1, 0.15) is 0 Å². The van der Waals surface area contributed by atoms with Gasteiger partial charge in [-0.15, -0.1) is 0 Å². The van der Waals surface area contributed by atoms with Gasteiger partial charge in [-0.1, -0.05) is 151 Å². The molecule has 258 valence electrons. The summed E-state index contributed by atoms with van der Waals surface area (Å²) in [6, 6.07) is 44.8. The molecule has 0 unspecified atom stereocenters. The standard InChI is InChI=1S/C39H27N3O3.3C2H6/c43-37(40-34-19-7-13-25-10-1-4-16-31(25)34)28-22-29(38(44)41-35-20-8-14-26-11-2-5-17-32(26)35)24-30(23-28)39(45)42-36-21-9-15-27-12-3-6-18-33(27)36;3*1-2/h1-24H,(H,40,43)(H,41,44)(H,42,45);3*1-2H3. The molecule has 7 rings (SSSR count). The third-order valence-electron chi connectivity index (χ3n) is 7.83. The van der Waals surface area contributed by atoms with Crippen molar-refractivity contribution in [3.63, 3.8) is 0 Å². The Balaban J connectivity index is 0.000000925. The lowest BCUT2D eigenvalue weighted by Crippen LogP contribution is -2.19. The van der Waals surface area contributed by atoms with Gasteiger partial charge in [0.25, 0.3) is 17.7 Å². The molecule has 0 radical (unpaired) electrons. The second kappa shape index (κ2) is 18.5. The number of fused-ring (bicyclic) bond motifs is 3. The topological polar surface area (TPSA) is 87.3 Å². The maximum absolute atomic E-state index is 13.7. The average molecular weight is 676 g/mol. The lowest BCUT2D eigenvalue weighted by molar-refractivity contribution is 0.102. The van der Waals surface area contributed by atoms with Gasteiger partial charge in [0.05, 0.1) is 0 Å². The van der Waals surface area contributed by atoms with Crippen molar-refractivity contribution in [1.82, 2.24) is 0 Å². The van der Waals surface area contributed by atoms with Crippen molar-refractivity contribution >= 4 is 67.1 Å². The van der Waals surface area contributed by atoms with Crippen LogP contribution in [0.1, 0.15) is 72.6 Å². The maximum Gasteiger partial charge on any atom is 0.255 e. The molecule has 51 heavy (non-hydrogen) atoms. The third-order valence-corrected chi connectivity index (χ3v) is 7.83. The quantitative estimate of drug-likeness (QED) is 0.164. The zero-order chi connectivity index (χ0) is 36.8. The van der Waals surface area contributed by atoms with Crippen LogP contribution in [0.25, 0.3) is 32.3 Å². The molecule has 0 aromatic heterocycles. The Bertz CT molecular complexity index is 1990. The van der Waals surface area contributed by atoms with Crippen LogP contribution in [-0.2, 0) is 0 Å². The summed E-state index contributed by atoms with van der Waals surface area (Å²) in [5.74, 6) is -1.32. The van der Waals surface area contributed by atoms with Gasteiger partial charge in [-0.2, -0.15) is 0 Å². The third kappa shape index (κ3) is 8.86. The van der Waals surface area contributed by atoms with Crippen molar-refractivity contribution in [2.45, 2.75) is 41.5 Å². The van der Waals surface area contributed by atoms with Crippen LogP contribution >= 0.6 is 0 Å². The molecule has 7 aromatic rings. The first kappa shape index (κ1) is 37.5. The molecule has 3 amide bonds. The van der Waals surface area contributed by atoms with E-state index < -0.39 is 17.7 Å². The molecule has 7 aromatic carbocycles. The first-order valence-corrected chi connectivity index (χ1v) is 17.6. The van der Waals surface area contributed by atoms with Crippen molar-refractivity contribution in [3.05, 3.63) is 162 Å². The van der Waals surface area contributed by atoms with Crippen LogP contribution in [-0.4, -0.2) is 17.7 Å². The Morgan fingerprint density at radius 2 is 0.569 bits per heavy atom. The van der Waals surface area contributed by atoms with E-state index in [0.29, 0.717) is 17.1 Å². The van der Waals surface area contributed by atoms with Crippen LogP contribution in [0.2, 0.25) is 0 Å².